The molecule has 4 nitrogen and oxygen atoms in total. The van der Waals surface area contributed by atoms with Crippen molar-refractivity contribution in [1.29, 1.82) is 0 Å². The standard InChI is InChI=1S/C14H23N3O/c1-4-15-13(11-6-7-11)8-12-10(3)14(18-5-2)17-9-16-12/h9,11,13,15H,4-8H2,1-3H3. The molecule has 2 rings (SSSR count). The molecular formula is C14H23N3O. The SMILES string of the molecule is CCNC(Cc1ncnc(OCC)c1C)C1CC1. The number of likely N-dealkylation sites (N-methyl/N-ethyl adjacent to an activating group) is 1. The highest BCUT2D eigenvalue weighted by Gasteiger charge is 2.31. The van der Waals surface area contributed by atoms with Crippen molar-refractivity contribution in [2.45, 2.75) is 46.1 Å². The number of aromatic nitrogens is 2. The minimum absolute atomic E-state index is 0.554. The summed E-state index contributed by atoms with van der Waals surface area (Å²) in [6.45, 7) is 7.86. The summed E-state index contributed by atoms with van der Waals surface area (Å²) >= 11 is 0. The van der Waals surface area contributed by atoms with Gasteiger partial charge in [-0.2, -0.15) is 0 Å². The van der Waals surface area contributed by atoms with Gasteiger partial charge in [-0.25, -0.2) is 9.97 Å². The van der Waals surface area contributed by atoms with Gasteiger partial charge < -0.3 is 10.1 Å². The van der Waals surface area contributed by atoms with E-state index in [0.29, 0.717) is 12.6 Å². The molecule has 0 saturated heterocycles. The van der Waals surface area contributed by atoms with Gasteiger partial charge in [0.05, 0.1) is 12.3 Å². The first-order valence-corrected chi connectivity index (χ1v) is 6.92. The van der Waals surface area contributed by atoms with Crippen LogP contribution < -0.4 is 10.1 Å². The zero-order chi connectivity index (χ0) is 13.0. The van der Waals surface area contributed by atoms with E-state index in [-0.39, 0.29) is 0 Å². The van der Waals surface area contributed by atoms with Gasteiger partial charge in [-0.3, -0.25) is 0 Å². The van der Waals surface area contributed by atoms with Crippen molar-refractivity contribution in [3.05, 3.63) is 17.6 Å². The van der Waals surface area contributed by atoms with Gasteiger partial charge in [-0.1, -0.05) is 6.92 Å². The molecule has 1 saturated carbocycles. The molecule has 1 aliphatic carbocycles. The number of rotatable bonds is 7. The number of nitrogens with one attached hydrogen (secondary N) is 1. The summed E-state index contributed by atoms with van der Waals surface area (Å²) in [5.74, 6) is 1.56. The smallest absolute Gasteiger partial charge is 0.219 e. The molecule has 4 heteroatoms. The van der Waals surface area contributed by atoms with E-state index < -0.39 is 0 Å². The summed E-state index contributed by atoms with van der Waals surface area (Å²) in [6.07, 6.45) is 5.29. The first-order valence-electron chi connectivity index (χ1n) is 6.92. The van der Waals surface area contributed by atoms with Crippen molar-refractivity contribution >= 4 is 0 Å². The predicted molar refractivity (Wildman–Crippen MR) is 71.8 cm³/mol. The van der Waals surface area contributed by atoms with Crippen LogP contribution in [0.15, 0.2) is 6.33 Å². The van der Waals surface area contributed by atoms with E-state index >= 15 is 0 Å². The van der Waals surface area contributed by atoms with Gasteiger partial charge in [0.2, 0.25) is 5.88 Å². The van der Waals surface area contributed by atoms with Gasteiger partial charge in [-0.05, 0) is 39.2 Å². The Morgan fingerprint density at radius 2 is 2.17 bits per heavy atom. The lowest BCUT2D eigenvalue weighted by Gasteiger charge is -2.18. The first-order chi connectivity index (χ1) is 8.76. The maximum atomic E-state index is 5.52. The number of hydrogen-bond acceptors (Lipinski definition) is 4. The van der Waals surface area contributed by atoms with Crippen molar-refractivity contribution in [1.82, 2.24) is 15.3 Å². The summed E-state index contributed by atoms with van der Waals surface area (Å²) in [5, 5.41) is 3.57. The van der Waals surface area contributed by atoms with Crippen LogP contribution >= 0.6 is 0 Å². The van der Waals surface area contributed by atoms with Crippen LogP contribution in [0.25, 0.3) is 0 Å². The molecular weight excluding hydrogens is 226 g/mol. The molecule has 1 N–H and O–H groups in total. The second kappa shape index (κ2) is 6.14. The van der Waals surface area contributed by atoms with Crippen molar-refractivity contribution in [3.63, 3.8) is 0 Å². The molecule has 1 atom stereocenters. The first kappa shape index (κ1) is 13.3. The van der Waals surface area contributed by atoms with Crippen LogP contribution in [0, 0.1) is 12.8 Å². The van der Waals surface area contributed by atoms with Gasteiger partial charge in [0.1, 0.15) is 6.33 Å². The fourth-order valence-corrected chi connectivity index (χ4v) is 2.33. The van der Waals surface area contributed by atoms with Gasteiger partial charge >= 0.3 is 0 Å². The topological polar surface area (TPSA) is 47.0 Å². The summed E-state index contributed by atoms with van der Waals surface area (Å²) in [7, 11) is 0. The number of hydrogen-bond donors (Lipinski definition) is 1. The lowest BCUT2D eigenvalue weighted by Crippen LogP contribution is -2.33. The molecule has 0 radical (unpaired) electrons. The molecule has 1 unspecified atom stereocenters. The van der Waals surface area contributed by atoms with Crippen molar-refractivity contribution in [3.8, 4) is 5.88 Å². The molecule has 1 aliphatic rings. The average Bonchev–Trinajstić information content (AvgIpc) is 3.18. The van der Waals surface area contributed by atoms with E-state index in [1.54, 1.807) is 6.33 Å². The second-order valence-electron chi connectivity index (χ2n) is 4.89. The maximum absolute atomic E-state index is 5.52. The highest BCUT2D eigenvalue weighted by molar-refractivity contribution is 5.28. The second-order valence-corrected chi connectivity index (χ2v) is 4.89. The monoisotopic (exact) mass is 249 g/mol. The van der Waals surface area contributed by atoms with Crippen LogP contribution in [0.1, 0.15) is 37.9 Å². The van der Waals surface area contributed by atoms with E-state index in [2.05, 4.69) is 29.1 Å². The van der Waals surface area contributed by atoms with Gasteiger partial charge in [0.15, 0.2) is 0 Å². The Bertz CT molecular complexity index is 391. The van der Waals surface area contributed by atoms with Crippen molar-refractivity contribution in [2.24, 2.45) is 5.92 Å². The molecule has 1 heterocycles. The third-order valence-electron chi connectivity index (χ3n) is 3.49. The van der Waals surface area contributed by atoms with Crippen LogP contribution in [0.4, 0.5) is 0 Å². The Balaban J connectivity index is 2.09. The molecule has 0 amide bonds. The summed E-state index contributed by atoms with van der Waals surface area (Å²) < 4.78 is 5.52. The largest absolute Gasteiger partial charge is 0.478 e. The molecule has 0 aromatic carbocycles. The van der Waals surface area contributed by atoms with Gasteiger partial charge in [-0.15, -0.1) is 0 Å². The predicted octanol–water partition coefficient (Wildman–Crippen LogP) is 2.11. The lowest BCUT2D eigenvalue weighted by atomic mass is 10.0. The molecule has 1 aromatic rings. The van der Waals surface area contributed by atoms with E-state index in [9.17, 15) is 0 Å². The Kier molecular flexibility index (Phi) is 4.53. The van der Waals surface area contributed by atoms with E-state index in [4.69, 9.17) is 4.74 Å². The zero-order valence-corrected chi connectivity index (χ0v) is 11.6. The molecule has 0 spiro atoms. The Hall–Kier alpha value is -1.16. The molecule has 1 aromatic heterocycles. The minimum atomic E-state index is 0.554. The average molecular weight is 249 g/mol. The highest BCUT2D eigenvalue weighted by atomic mass is 16.5. The van der Waals surface area contributed by atoms with Crippen LogP contribution in [0.2, 0.25) is 0 Å². The quantitative estimate of drug-likeness (QED) is 0.804. The number of ether oxygens (including phenoxy) is 1. The maximum Gasteiger partial charge on any atom is 0.219 e. The van der Waals surface area contributed by atoms with E-state index in [0.717, 1.165) is 36.0 Å². The fraction of sp³-hybridized carbons (Fsp3) is 0.714. The highest BCUT2D eigenvalue weighted by Crippen LogP contribution is 2.34. The van der Waals surface area contributed by atoms with E-state index in [1.807, 2.05) is 6.92 Å². The van der Waals surface area contributed by atoms with E-state index in [1.165, 1.54) is 12.8 Å². The van der Waals surface area contributed by atoms with Crippen LogP contribution in [0.3, 0.4) is 0 Å². The zero-order valence-electron chi connectivity index (χ0n) is 11.6. The van der Waals surface area contributed by atoms with Crippen molar-refractivity contribution < 1.29 is 4.74 Å². The normalized spacial score (nSPS) is 16.6. The van der Waals surface area contributed by atoms with Crippen molar-refractivity contribution in [2.75, 3.05) is 13.2 Å². The molecule has 0 aliphatic heterocycles. The van der Waals surface area contributed by atoms with Crippen LogP contribution in [-0.4, -0.2) is 29.2 Å². The van der Waals surface area contributed by atoms with Crippen LogP contribution in [0.5, 0.6) is 5.88 Å². The Labute approximate surface area is 109 Å². The Morgan fingerprint density at radius 3 is 2.78 bits per heavy atom. The molecule has 0 bridgehead atoms. The summed E-state index contributed by atoms with van der Waals surface area (Å²) in [5.41, 5.74) is 2.20. The lowest BCUT2D eigenvalue weighted by molar-refractivity contribution is 0.322. The van der Waals surface area contributed by atoms with Gasteiger partial charge in [0.25, 0.3) is 0 Å². The van der Waals surface area contributed by atoms with Gasteiger partial charge in [0, 0.05) is 18.0 Å². The third kappa shape index (κ3) is 3.19. The minimum Gasteiger partial charge on any atom is -0.478 e. The molecule has 18 heavy (non-hydrogen) atoms. The summed E-state index contributed by atoms with van der Waals surface area (Å²) in [4.78, 5) is 8.61. The summed E-state index contributed by atoms with van der Waals surface area (Å²) in [6, 6.07) is 0.554. The molecule has 100 valence electrons. The molecule has 1 fully saturated rings. The number of nitrogens with zero attached hydrogens (tertiary/aromatic N) is 2. The van der Waals surface area contributed by atoms with Crippen LogP contribution in [-0.2, 0) is 6.42 Å². The fourth-order valence-electron chi connectivity index (χ4n) is 2.33. The Morgan fingerprint density at radius 1 is 1.39 bits per heavy atom. The third-order valence-corrected chi connectivity index (χ3v) is 3.49.